The molecule has 1 heterocycles. The Morgan fingerprint density at radius 2 is 1.96 bits per heavy atom. The number of imidazole rings is 1. The number of ether oxygens (including phenoxy) is 1. The number of hydrogen-bond donors (Lipinski definition) is 1. The lowest BCUT2D eigenvalue weighted by Gasteiger charge is -2.23. The summed E-state index contributed by atoms with van der Waals surface area (Å²) >= 11 is 3.41. The topological polar surface area (TPSA) is 56.1 Å². The molecule has 1 atom stereocenters. The first kappa shape index (κ1) is 20.3. The monoisotopic (exact) mass is 451 g/mol. The maximum Gasteiger partial charge on any atom is 0.243 e. The molecular weight excluding hydrogens is 432 g/mol. The summed E-state index contributed by atoms with van der Waals surface area (Å²) in [6.07, 6.45) is 1.44. The minimum atomic E-state index is -0.976. The summed E-state index contributed by atoms with van der Waals surface area (Å²) in [4.78, 5) is 17.1. The van der Waals surface area contributed by atoms with E-state index in [2.05, 4.69) is 26.2 Å². The lowest BCUT2D eigenvalue weighted by molar-refractivity contribution is -0.125. The molecule has 28 heavy (non-hydrogen) atoms. The molecular formula is C20H20BrF2N3O2. The van der Waals surface area contributed by atoms with Gasteiger partial charge in [0, 0.05) is 28.7 Å². The molecule has 1 aromatic heterocycles. The van der Waals surface area contributed by atoms with Gasteiger partial charge in [-0.1, -0.05) is 29.8 Å². The van der Waals surface area contributed by atoms with Crippen molar-refractivity contribution in [3.05, 3.63) is 58.3 Å². The summed E-state index contributed by atoms with van der Waals surface area (Å²) in [5, 5.41) is 2.91. The Morgan fingerprint density at radius 1 is 1.25 bits per heavy atom. The average Bonchev–Trinajstić information content (AvgIpc) is 3.02. The van der Waals surface area contributed by atoms with Gasteiger partial charge in [-0.2, -0.15) is 0 Å². The summed E-state index contributed by atoms with van der Waals surface area (Å²) in [7, 11) is 1.57. The predicted molar refractivity (Wildman–Crippen MR) is 106 cm³/mol. The highest BCUT2D eigenvalue weighted by molar-refractivity contribution is 9.10. The standard InChI is InChI=1S/C20H20BrF2N3O2/c1-11(2)19(26-10-25-16-7-14(22)15(23)8-17(16)26)20(27)24-9-12-6-13(21)4-5-18(12)28-3/h4-8,10-11,19H,9H2,1-3H3,(H,24,27). The second-order valence-corrected chi connectivity index (χ2v) is 7.69. The maximum absolute atomic E-state index is 13.7. The van der Waals surface area contributed by atoms with Gasteiger partial charge in [0.1, 0.15) is 11.8 Å². The molecule has 0 aliphatic heterocycles. The second kappa shape index (κ2) is 8.26. The molecule has 0 aliphatic rings. The Kier molecular flexibility index (Phi) is 5.98. The number of nitrogens with one attached hydrogen (secondary N) is 1. The molecule has 1 N–H and O–H groups in total. The van der Waals surface area contributed by atoms with Gasteiger partial charge in [-0.3, -0.25) is 4.79 Å². The molecule has 0 saturated carbocycles. The van der Waals surface area contributed by atoms with Crippen LogP contribution < -0.4 is 10.1 Å². The minimum Gasteiger partial charge on any atom is -0.496 e. The number of carbonyl (C=O) groups is 1. The number of methoxy groups -OCH3 is 1. The third-order valence-corrected chi connectivity index (χ3v) is 5.01. The van der Waals surface area contributed by atoms with Crippen molar-refractivity contribution >= 4 is 32.9 Å². The van der Waals surface area contributed by atoms with E-state index in [1.807, 2.05) is 32.0 Å². The summed E-state index contributed by atoms with van der Waals surface area (Å²) in [5.41, 5.74) is 1.48. The molecule has 8 heteroatoms. The second-order valence-electron chi connectivity index (χ2n) is 6.77. The van der Waals surface area contributed by atoms with E-state index in [9.17, 15) is 13.6 Å². The first-order valence-corrected chi connectivity index (χ1v) is 9.52. The van der Waals surface area contributed by atoms with E-state index in [0.29, 0.717) is 16.8 Å². The Balaban J connectivity index is 1.88. The lowest BCUT2D eigenvalue weighted by Crippen LogP contribution is -2.35. The number of benzene rings is 2. The quantitative estimate of drug-likeness (QED) is 0.595. The van der Waals surface area contributed by atoms with E-state index >= 15 is 0 Å². The number of rotatable bonds is 6. The van der Waals surface area contributed by atoms with Crippen molar-refractivity contribution in [2.75, 3.05) is 7.11 Å². The third kappa shape index (κ3) is 4.01. The molecule has 0 radical (unpaired) electrons. The number of amides is 1. The van der Waals surface area contributed by atoms with Crippen LogP contribution in [0.15, 0.2) is 41.1 Å². The van der Waals surface area contributed by atoms with E-state index < -0.39 is 17.7 Å². The summed E-state index contributed by atoms with van der Waals surface area (Å²) in [5.74, 6) is -1.63. The fourth-order valence-corrected chi connectivity index (χ4v) is 3.58. The van der Waals surface area contributed by atoms with Gasteiger partial charge in [0.15, 0.2) is 11.6 Å². The number of fused-ring (bicyclic) bond motifs is 1. The number of carbonyl (C=O) groups excluding carboxylic acids is 1. The normalized spacial score (nSPS) is 12.4. The van der Waals surface area contributed by atoms with Crippen molar-refractivity contribution in [3.63, 3.8) is 0 Å². The van der Waals surface area contributed by atoms with Crippen LogP contribution in [0.2, 0.25) is 0 Å². The van der Waals surface area contributed by atoms with Gasteiger partial charge in [0.05, 0.1) is 24.5 Å². The molecule has 3 rings (SSSR count). The summed E-state index contributed by atoms with van der Waals surface area (Å²) in [6.45, 7) is 4.03. The van der Waals surface area contributed by atoms with Gasteiger partial charge in [0.25, 0.3) is 0 Å². The van der Waals surface area contributed by atoms with Crippen molar-refractivity contribution < 1.29 is 18.3 Å². The van der Waals surface area contributed by atoms with Crippen molar-refractivity contribution in [1.29, 1.82) is 0 Å². The molecule has 0 saturated heterocycles. The zero-order valence-electron chi connectivity index (χ0n) is 15.7. The first-order valence-electron chi connectivity index (χ1n) is 8.73. The molecule has 148 valence electrons. The number of nitrogens with zero attached hydrogens (tertiary/aromatic N) is 2. The number of aromatic nitrogens is 2. The molecule has 3 aromatic rings. The highest BCUT2D eigenvalue weighted by Gasteiger charge is 2.26. The van der Waals surface area contributed by atoms with E-state index in [1.54, 1.807) is 11.7 Å². The van der Waals surface area contributed by atoms with Gasteiger partial charge in [-0.05, 0) is 24.1 Å². The first-order chi connectivity index (χ1) is 13.3. The predicted octanol–water partition coefficient (Wildman–Crippen LogP) is 4.60. The van der Waals surface area contributed by atoms with Gasteiger partial charge in [-0.25, -0.2) is 13.8 Å². The molecule has 0 spiro atoms. The van der Waals surface area contributed by atoms with Crippen LogP contribution in [0.25, 0.3) is 11.0 Å². The largest absolute Gasteiger partial charge is 0.496 e. The fraction of sp³-hybridized carbons (Fsp3) is 0.300. The number of hydrogen-bond acceptors (Lipinski definition) is 3. The molecule has 5 nitrogen and oxygen atoms in total. The van der Waals surface area contributed by atoms with Crippen molar-refractivity contribution in [1.82, 2.24) is 14.9 Å². The van der Waals surface area contributed by atoms with E-state index in [-0.39, 0.29) is 18.4 Å². The highest BCUT2D eigenvalue weighted by atomic mass is 79.9. The van der Waals surface area contributed by atoms with Crippen LogP contribution in [0.5, 0.6) is 5.75 Å². The van der Waals surface area contributed by atoms with E-state index in [4.69, 9.17) is 4.74 Å². The Bertz CT molecular complexity index is 1020. The van der Waals surface area contributed by atoms with Crippen LogP contribution >= 0.6 is 15.9 Å². The Morgan fingerprint density at radius 3 is 2.64 bits per heavy atom. The Hall–Kier alpha value is -2.48. The smallest absolute Gasteiger partial charge is 0.243 e. The number of halogens is 3. The van der Waals surface area contributed by atoms with Crippen LogP contribution in [0.3, 0.4) is 0 Å². The zero-order chi connectivity index (χ0) is 20.4. The highest BCUT2D eigenvalue weighted by Crippen LogP contribution is 2.27. The fourth-order valence-electron chi connectivity index (χ4n) is 3.17. The average molecular weight is 452 g/mol. The minimum absolute atomic E-state index is 0.102. The summed E-state index contributed by atoms with van der Waals surface area (Å²) in [6, 6.07) is 7.00. The molecule has 1 unspecified atom stereocenters. The maximum atomic E-state index is 13.7. The molecule has 1 amide bonds. The van der Waals surface area contributed by atoms with Crippen LogP contribution in [-0.4, -0.2) is 22.6 Å². The molecule has 2 aromatic carbocycles. The van der Waals surface area contributed by atoms with Gasteiger partial charge in [0.2, 0.25) is 5.91 Å². The Labute approximate surface area is 169 Å². The van der Waals surface area contributed by atoms with Crippen LogP contribution in [-0.2, 0) is 11.3 Å². The summed E-state index contributed by atoms with van der Waals surface area (Å²) < 4.78 is 35.0. The van der Waals surface area contributed by atoms with Crippen molar-refractivity contribution in [2.45, 2.75) is 26.4 Å². The van der Waals surface area contributed by atoms with Crippen molar-refractivity contribution in [2.24, 2.45) is 5.92 Å². The van der Waals surface area contributed by atoms with Crippen LogP contribution in [0.4, 0.5) is 8.78 Å². The van der Waals surface area contributed by atoms with Crippen LogP contribution in [0.1, 0.15) is 25.5 Å². The zero-order valence-corrected chi connectivity index (χ0v) is 17.3. The van der Waals surface area contributed by atoms with Gasteiger partial charge >= 0.3 is 0 Å². The van der Waals surface area contributed by atoms with Gasteiger partial charge < -0.3 is 14.6 Å². The molecule has 0 fully saturated rings. The lowest BCUT2D eigenvalue weighted by atomic mass is 10.0. The van der Waals surface area contributed by atoms with E-state index in [1.165, 1.54) is 6.33 Å². The molecule has 0 aliphatic carbocycles. The van der Waals surface area contributed by atoms with Crippen molar-refractivity contribution in [3.8, 4) is 5.75 Å². The van der Waals surface area contributed by atoms with Gasteiger partial charge in [-0.15, -0.1) is 0 Å². The third-order valence-electron chi connectivity index (χ3n) is 4.51. The van der Waals surface area contributed by atoms with E-state index in [0.717, 1.165) is 22.2 Å². The SMILES string of the molecule is COc1ccc(Br)cc1CNC(=O)C(C(C)C)n1cnc2cc(F)c(F)cc21. The van der Waals surface area contributed by atoms with Crippen LogP contribution in [0, 0.1) is 17.6 Å². The molecule has 0 bridgehead atoms.